The summed E-state index contributed by atoms with van der Waals surface area (Å²) in [6.45, 7) is 11.8. The third-order valence-electron chi connectivity index (χ3n) is 3.70. The molecule has 102 valence electrons. The summed E-state index contributed by atoms with van der Waals surface area (Å²) in [6, 6.07) is 0.456. The molecular formula is C13H27NO2S. The lowest BCUT2D eigenvalue weighted by Gasteiger charge is -2.35. The lowest BCUT2D eigenvalue weighted by atomic mass is 9.73. The first-order chi connectivity index (χ1) is 7.62. The molecule has 1 N–H and O–H groups in total. The van der Waals surface area contributed by atoms with E-state index in [1.165, 1.54) is 0 Å². The molecule has 1 rings (SSSR count). The van der Waals surface area contributed by atoms with Gasteiger partial charge in [0.2, 0.25) is 0 Å². The standard InChI is InChI=1S/C13H27NO2S/c1-10(2)14-8-12(13(3,4)5)11-6-7-17(15,16)9-11/h10-12,14H,6-9H2,1-5H3. The van der Waals surface area contributed by atoms with Crippen LogP contribution in [0.3, 0.4) is 0 Å². The molecule has 0 spiro atoms. The normalized spacial score (nSPS) is 26.4. The molecule has 0 saturated carbocycles. The van der Waals surface area contributed by atoms with Gasteiger partial charge in [0.1, 0.15) is 0 Å². The molecule has 0 aromatic heterocycles. The summed E-state index contributed by atoms with van der Waals surface area (Å²) < 4.78 is 23.2. The van der Waals surface area contributed by atoms with Crippen molar-refractivity contribution in [2.45, 2.75) is 47.1 Å². The van der Waals surface area contributed by atoms with E-state index in [-0.39, 0.29) is 5.41 Å². The van der Waals surface area contributed by atoms with Crippen LogP contribution >= 0.6 is 0 Å². The van der Waals surface area contributed by atoms with Crippen LogP contribution in [0.1, 0.15) is 41.0 Å². The van der Waals surface area contributed by atoms with Crippen molar-refractivity contribution in [3.63, 3.8) is 0 Å². The van der Waals surface area contributed by atoms with Gasteiger partial charge >= 0.3 is 0 Å². The Kier molecular flexibility index (Phi) is 4.64. The number of nitrogens with one attached hydrogen (secondary N) is 1. The highest BCUT2D eigenvalue weighted by molar-refractivity contribution is 7.91. The van der Waals surface area contributed by atoms with Crippen LogP contribution in [0.4, 0.5) is 0 Å². The van der Waals surface area contributed by atoms with Crippen molar-refractivity contribution >= 4 is 9.84 Å². The second-order valence-corrected chi connectivity index (χ2v) is 8.93. The number of hydrogen-bond acceptors (Lipinski definition) is 3. The molecule has 0 amide bonds. The van der Waals surface area contributed by atoms with Crippen LogP contribution in [0, 0.1) is 17.3 Å². The largest absolute Gasteiger partial charge is 0.314 e. The zero-order chi connectivity index (χ0) is 13.3. The first-order valence-electron chi connectivity index (χ1n) is 6.55. The molecule has 1 fully saturated rings. The minimum Gasteiger partial charge on any atom is -0.314 e. The Morgan fingerprint density at radius 2 is 1.88 bits per heavy atom. The quantitative estimate of drug-likeness (QED) is 0.843. The van der Waals surface area contributed by atoms with E-state index in [1.54, 1.807) is 0 Å². The van der Waals surface area contributed by atoms with Crippen molar-refractivity contribution in [1.82, 2.24) is 5.32 Å². The van der Waals surface area contributed by atoms with E-state index in [9.17, 15) is 8.42 Å². The topological polar surface area (TPSA) is 46.2 Å². The number of sulfone groups is 1. The summed E-state index contributed by atoms with van der Waals surface area (Å²) in [5, 5.41) is 3.46. The van der Waals surface area contributed by atoms with Crippen LogP contribution in [0.2, 0.25) is 0 Å². The average molecular weight is 261 g/mol. The Morgan fingerprint density at radius 3 is 2.24 bits per heavy atom. The van der Waals surface area contributed by atoms with Gasteiger partial charge in [0, 0.05) is 6.04 Å². The maximum absolute atomic E-state index is 11.6. The van der Waals surface area contributed by atoms with Gasteiger partial charge in [-0.2, -0.15) is 0 Å². The molecule has 1 aliphatic rings. The van der Waals surface area contributed by atoms with E-state index in [4.69, 9.17) is 0 Å². The first kappa shape index (κ1) is 15.0. The predicted octanol–water partition coefficient (Wildman–Crippen LogP) is 2.08. The minimum atomic E-state index is -2.77. The molecule has 3 nitrogen and oxygen atoms in total. The molecule has 4 heteroatoms. The average Bonchev–Trinajstić information content (AvgIpc) is 2.43. The van der Waals surface area contributed by atoms with E-state index in [1.807, 2.05) is 0 Å². The van der Waals surface area contributed by atoms with E-state index >= 15 is 0 Å². The molecule has 0 aromatic carbocycles. The molecule has 0 aliphatic carbocycles. The lowest BCUT2D eigenvalue weighted by Crippen LogP contribution is -2.39. The fourth-order valence-corrected chi connectivity index (χ4v) is 4.56. The molecular weight excluding hydrogens is 234 g/mol. The van der Waals surface area contributed by atoms with Gasteiger partial charge in [-0.3, -0.25) is 0 Å². The summed E-state index contributed by atoms with van der Waals surface area (Å²) in [5.41, 5.74) is 0.159. The maximum atomic E-state index is 11.6. The Hall–Kier alpha value is -0.0900. The Labute approximate surface area is 106 Å². The van der Waals surface area contributed by atoms with Crippen molar-refractivity contribution < 1.29 is 8.42 Å². The van der Waals surface area contributed by atoms with Gasteiger partial charge in [-0.05, 0) is 30.2 Å². The van der Waals surface area contributed by atoms with Gasteiger partial charge < -0.3 is 5.32 Å². The molecule has 2 atom stereocenters. The van der Waals surface area contributed by atoms with Crippen molar-refractivity contribution in [2.75, 3.05) is 18.1 Å². The maximum Gasteiger partial charge on any atom is 0.150 e. The van der Waals surface area contributed by atoms with Gasteiger partial charge in [-0.25, -0.2) is 8.42 Å². The molecule has 0 aromatic rings. The van der Waals surface area contributed by atoms with Crippen LogP contribution in [-0.2, 0) is 9.84 Å². The fourth-order valence-electron chi connectivity index (χ4n) is 2.68. The van der Waals surface area contributed by atoms with Crippen LogP contribution in [0.15, 0.2) is 0 Å². The van der Waals surface area contributed by atoms with E-state index in [0.717, 1.165) is 13.0 Å². The van der Waals surface area contributed by atoms with Gasteiger partial charge in [-0.1, -0.05) is 34.6 Å². The molecule has 2 unspecified atom stereocenters. The summed E-state index contributed by atoms with van der Waals surface area (Å²) in [6.07, 6.45) is 0.837. The van der Waals surface area contributed by atoms with E-state index in [0.29, 0.717) is 29.4 Å². The van der Waals surface area contributed by atoms with Crippen LogP contribution < -0.4 is 5.32 Å². The summed E-state index contributed by atoms with van der Waals surface area (Å²) in [4.78, 5) is 0. The Morgan fingerprint density at radius 1 is 1.29 bits per heavy atom. The van der Waals surface area contributed by atoms with Crippen molar-refractivity contribution in [3.05, 3.63) is 0 Å². The molecule has 0 bridgehead atoms. The third-order valence-corrected chi connectivity index (χ3v) is 5.49. The fraction of sp³-hybridized carbons (Fsp3) is 1.00. The molecule has 0 radical (unpaired) electrons. The molecule has 1 saturated heterocycles. The lowest BCUT2D eigenvalue weighted by molar-refractivity contribution is 0.163. The third kappa shape index (κ3) is 4.59. The minimum absolute atomic E-state index is 0.159. The first-order valence-corrected chi connectivity index (χ1v) is 8.38. The summed E-state index contributed by atoms with van der Waals surface area (Å²) >= 11 is 0. The SMILES string of the molecule is CC(C)NCC(C1CCS(=O)(=O)C1)C(C)(C)C. The zero-order valence-corrected chi connectivity index (χ0v) is 12.6. The Balaban J connectivity index is 2.71. The van der Waals surface area contributed by atoms with Crippen molar-refractivity contribution in [2.24, 2.45) is 17.3 Å². The highest BCUT2D eigenvalue weighted by Crippen LogP contribution is 2.37. The predicted molar refractivity (Wildman–Crippen MR) is 72.8 cm³/mol. The Bertz CT molecular complexity index is 341. The molecule has 1 aliphatic heterocycles. The monoisotopic (exact) mass is 261 g/mol. The van der Waals surface area contributed by atoms with E-state index in [2.05, 4.69) is 39.9 Å². The van der Waals surface area contributed by atoms with Crippen molar-refractivity contribution in [3.8, 4) is 0 Å². The smallest absolute Gasteiger partial charge is 0.150 e. The van der Waals surface area contributed by atoms with Gasteiger partial charge in [0.05, 0.1) is 11.5 Å². The van der Waals surface area contributed by atoms with Gasteiger partial charge in [-0.15, -0.1) is 0 Å². The van der Waals surface area contributed by atoms with Gasteiger partial charge in [0.15, 0.2) is 9.84 Å². The van der Waals surface area contributed by atoms with Crippen LogP contribution in [0.25, 0.3) is 0 Å². The van der Waals surface area contributed by atoms with E-state index < -0.39 is 9.84 Å². The van der Waals surface area contributed by atoms with Crippen LogP contribution in [-0.4, -0.2) is 32.5 Å². The van der Waals surface area contributed by atoms with Crippen molar-refractivity contribution in [1.29, 1.82) is 0 Å². The van der Waals surface area contributed by atoms with Gasteiger partial charge in [0.25, 0.3) is 0 Å². The second-order valence-electron chi connectivity index (χ2n) is 6.70. The molecule has 1 heterocycles. The number of hydrogen-bond donors (Lipinski definition) is 1. The van der Waals surface area contributed by atoms with Crippen LogP contribution in [0.5, 0.6) is 0 Å². The highest BCUT2D eigenvalue weighted by atomic mass is 32.2. The second kappa shape index (κ2) is 5.27. The summed E-state index contributed by atoms with van der Waals surface area (Å²) in [5.74, 6) is 1.52. The summed E-state index contributed by atoms with van der Waals surface area (Å²) in [7, 11) is -2.77. The highest BCUT2D eigenvalue weighted by Gasteiger charge is 2.38. The number of rotatable bonds is 4. The molecule has 17 heavy (non-hydrogen) atoms. The zero-order valence-electron chi connectivity index (χ0n) is 11.8.